The Morgan fingerprint density at radius 1 is 1.53 bits per heavy atom. The molecule has 1 aromatic rings. The van der Waals surface area contributed by atoms with Crippen molar-refractivity contribution in [3.63, 3.8) is 0 Å². The van der Waals surface area contributed by atoms with Crippen molar-refractivity contribution in [2.45, 2.75) is 18.6 Å². The second-order valence-corrected chi connectivity index (χ2v) is 4.34. The third kappa shape index (κ3) is 1.98. The molecule has 2 aliphatic heterocycles. The summed E-state index contributed by atoms with van der Waals surface area (Å²) in [5.74, 6) is 0.542. The quantitative estimate of drug-likeness (QED) is 0.707. The van der Waals surface area contributed by atoms with Crippen molar-refractivity contribution in [2.75, 3.05) is 20.2 Å². The van der Waals surface area contributed by atoms with Crippen molar-refractivity contribution in [2.24, 2.45) is 0 Å². The van der Waals surface area contributed by atoms with Gasteiger partial charge in [0.2, 0.25) is 5.88 Å². The molecular formula is C12H14N2O3. The van der Waals surface area contributed by atoms with Crippen LogP contribution in [0.5, 0.6) is 5.88 Å². The summed E-state index contributed by atoms with van der Waals surface area (Å²) in [6.45, 7) is 1.47. The van der Waals surface area contributed by atoms with Gasteiger partial charge in [-0.15, -0.1) is 0 Å². The van der Waals surface area contributed by atoms with Crippen LogP contribution >= 0.6 is 0 Å². The van der Waals surface area contributed by atoms with Gasteiger partial charge in [0.1, 0.15) is 6.10 Å². The molecule has 90 valence electrons. The van der Waals surface area contributed by atoms with E-state index < -0.39 is 0 Å². The number of carbonyl (C=O) groups excluding carboxylic acids is 1. The van der Waals surface area contributed by atoms with E-state index in [4.69, 9.17) is 9.47 Å². The molecule has 1 amide bonds. The zero-order valence-corrected chi connectivity index (χ0v) is 9.63. The Bertz CT molecular complexity index is 432. The lowest BCUT2D eigenvalue weighted by Crippen LogP contribution is -2.39. The highest BCUT2D eigenvalue weighted by Gasteiger charge is 2.44. The van der Waals surface area contributed by atoms with Gasteiger partial charge in [0, 0.05) is 25.4 Å². The van der Waals surface area contributed by atoms with E-state index in [0.29, 0.717) is 24.1 Å². The number of pyridine rings is 1. The van der Waals surface area contributed by atoms with Crippen LogP contribution in [0.1, 0.15) is 16.8 Å². The fraction of sp³-hybridized carbons (Fsp3) is 0.500. The maximum atomic E-state index is 12.2. The minimum Gasteiger partial charge on any atom is -0.481 e. The lowest BCUT2D eigenvalue weighted by atomic mass is 10.1. The summed E-state index contributed by atoms with van der Waals surface area (Å²) in [6, 6.07) is 3.45. The molecule has 0 aromatic carbocycles. The molecule has 5 nitrogen and oxygen atoms in total. The van der Waals surface area contributed by atoms with Crippen molar-refractivity contribution < 1.29 is 14.3 Å². The first-order chi connectivity index (χ1) is 8.28. The van der Waals surface area contributed by atoms with E-state index in [1.54, 1.807) is 25.4 Å². The van der Waals surface area contributed by atoms with Crippen molar-refractivity contribution >= 4 is 5.91 Å². The molecule has 0 saturated carbocycles. The van der Waals surface area contributed by atoms with E-state index in [1.807, 2.05) is 4.90 Å². The zero-order chi connectivity index (χ0) is 11.8. The molecule has 0 N–H and O–H groups in total. The standard InChI is InChI=1S/C12H14N2O3/c1-16-11-3-2-8(6-13-11)12(15)14-5-4-9-10(7-14)17-9/h2-3,6,9-10H,4-5,7H2,1H3/t9-,10+/m1/s1. The molecule has 2 aliphatic rings. The molecule has 3 rings (SSSR count). The number of aromatic nitrogens is 1. The zero-order valence-electron chi connectivity index (χ0n) is 9.63. The van der Waals surface area contributed by atoms with E-state index in [9.17, 15) is 4.79 Å². The van der Waals surface area contributed by atoms with Crippen LogP contribution in [0.3, 0.4) is 0 Å². The fourth-order valence-electron chi connectivity index (χ4n) is 2.18. The molecule has 2 atom stereocenters. The second-order valence-electron chi connectivity index (χ2n) is 4.34. The highest BCUT2D eigenvalue weighted by Crippen LogP contribution is 2.31. The first kappa shape index (κ1) is 10.5. The number of rotatable bonds is 2. The van der Waals surface area contributed by atoms with Crippen LogP contribution in [0, 0.1) is 0 Å². The summed E-state index contributed by atoms with van der Waals surface area (Å²) in [5, 5.41) is 0. The summed E-state index contributed by atoms with van der Waals surface area (Å²) in [4.78, 5) is 18.0. The molecule has 3 heterocycles. The number of amides is 1. The third-order valence-electron chi connectivity index (χ3n) is 3.25. The van der Waals surface area contributed by atoms with E-state index in [-0.39, 0.29) is 12.0 Å². The number of methoxy groups -OCH3 is 1. The Kier molecular flexibility index (Phi) is 2.48. The van der Waals surface area contributed by atoms with E-state index >= 15 is 0 Å². The fourth-order valence-corrected chi connectivity index (χ4v) is 2.18. The monoisotopic (exact) mass is 234 g/mol. The number of likely N-dealkylation sites (tertiary alicyclic amines) is 1. The van der Waals surface area contributed by atoms with Crippen LogP contribution in [0.2, 0.25) is 0 Å². The lowest BCUT2D eigenvalue weighted by molar-refractivity contribution is 0.0736. The maximum absolute atomic E-state index is 12.2. The molecule has 2 saturated heterocycles. The van der Waals surface area contributed by atoms with Gasteiger partial charge in [-0.1, -0.05) is 0 Å². The molecule has 0 aliphatic carbocycles. The van der Waals surface area contributed by atoms with Crippen LogP contribution < -0.4 is 4.74 Å². The summed E-state index contributed by atoms with van der Waals surface area (Å²) < 4.78 is 10.4. The number of ether oxygens (including phenoxy) is 2. The number of fused-ring (bicyclic) bond motifs is 1. The molecule has 0 bridgehead atoms. The number of hydrogen-bond acceptors (Lipinski definition) is 4. The second kappa shape index (κ2) is 4.00. The van der Waals surface area contributed by atoms with Gasteiger partial charge in [-0.3, -0.25) is 4.79 Å². The van der Waals surface area contributed by atoms with Crippen molar-refractivity contribution in [3.8, 4) is 5.88 Å². The number of carbonyl (C=O) groups is 1. The van der Waals surface area contributed by atoms with E-state index in [2.05, 4.69) is 4.98 Å². The molecular weight excluding hydrogens is 220 g/mol. The van der Waals surface area contributed by atoms with Gasteiger partial charge < -0.3 is 14.4 Å². The average molecular weight is 234 g/mol. The van der Waals surface area contributed by atoms with Crippen LogP contribution in [-0.4, -0.2) is 48.2 Å². The van der Waals surface area contributed by atoms with Crippen LogP contribution in [0.4, 0.5) is 0 Å². The summed E-state index contributed by atoms with van der Waals surface area (Å²) in [5.41, 5.74) is 0.602. The Labute approximate surface area is 99.3 Å². The maximum Gasteiger partial charge on any atom is 0.255 e. The first-order valence-corrected chi connectivity index (χ1v) is 5.72. The lowest BCUT2D eigenvalue weighted by Gasteiger charge is -2.24. The Hall–Kier alpha value is -1.62. The van der Waals surface area contributed by atoms with Gasteiger partial charge in [0.15, 0.2) is 0 Å². The Morgan fingerprint density at radius 2 is 2.41 bits per heavy atom. The summed E-state index contributed by atoms with van der Waals surface area (Å²) in [7, 11) is 1.55. The van der Waals surface area contributed by atoms with Gasteiger partial charge in [-0.2, -0.15) is 0 Å². The average Bonchev–Trinajstić information content (AvgIpc) is 3.16. The summed E-state index contributed by atoms with van der Waals surface area (Å²) >= 11 is 0. The van der Waals surface area contributed by atoms with Gasteiger partial charge in [-0.25, -0.2) is 4.98 Å². The van der Waals surface area contributed by atoms with Crippen LogP contribution in [0.15, 0.2) is 18.3 Å². The predicted molar refractivity (Wildman–Crippen MR) is 60.0 cm³/mol. The largest absolute Gasteiger partial charge is 0.481 e. The number of nitrogens with zero attached hydrogens (tertiary/aromatic N) is 2. The number of piperidine rings is 1. The van der Waals surface area contributed by atoms with Crippen molar-refractivity contribution in [3.05, 3.63) is 23.9 Å². The SMILES string of the molecule is COc1ccc(C(=O)N2CC[C@H]3O[C@H]3C2)cn1. The van der Waals surface area contributed by atoms with Gasteiger partial charge in [0.25, 0.3) is 5.91 Å². The predicted octanol–water partition coefficient (Wildman–Crippen LogP) is 0.704. The van der Waals surface area contributed by atoms with Gasteiger partial charge in [0.05, 0.1) is 18.8 Å². The Balaban J connectivity index is 1.71. The molecule has 1 aromatic heterocycles. The summed E-state index contributed by atoms with van der Waals surface area (Å²) in [6.07, 6.45) is 3.16. The van der Waals surface area contributed by atoms with Crippen molar-refractivity contribution in [1.82, 2.24) is 9.88 Å². The van der Waals surface area contributed by atoms with Crippen molar-refractivity contribution in [1.29, 1.82) is 0 Å². The minimum atomic E-state index is 0.0223. The smallest absolute Gasteiger partial charge is 0.255 e. The number of hydrogen-bond donors (Lipinski definition) is 0. The molecule has 0 radical (unpaired) electrons. The molecule has 5 heteroatoms. The molecule has 17 heavy (non-hydrogen) atoms. The number of epoxide rings is 1. The molecule has 0 spiro atoms. The van der Waals surface area contributed by atoms with Crippen LogP contribution in [-0.2, 0) is 4.74 Å². The third-order valence-corrected chi connectivity index (χ3v) is 3.25. The Morgan fingerprint density at radius 3 is 3.06 bits per heavy atom. The topological polar surface area (TPSA) is 55.0 Å². The molecule has 0 unspecified atom stereocenters. The van der Waals surface area contributed by atoms with Gasteiger partial charge >= 0.3 is 0 Å². The van der Waals surface area contributed by atoms with E-state index in [0.717, 1.165) is 13.0 Å². The highest BCUT2D eigenvalue weighted by atomic mass is 16.6. The minimum absolute atomic E-state index is 0.0223. The first-order valence-electron chi connectivity index (χ1n) is 5.72. The highest BCUT2D eigenvalue weighted by molar-refractivity contribution is 5.94. The van der Waals surface area contributed by atoms with E-state index in [1.165, 1.54) is 0 Å². The molecule has 2 fully saturated rings. The van der Waals surface area contributed by atoms with Crippen LogP contribution in [0.25, 0.3) is 0 Å². The van der Waals surface area contributed by atoms with Gasteiger partial charge in [-0.05, 0) is 12.5 Å². The normalized spacial score (nSPS) is 26.3.